The summed E-state index contributed by atoms with van der Waals surface area (Å²) < 4.78 is 0. The van der Waals surface area contributed by atoms with Crippen molar-refractivity contribution < 1.29 is 0 Å². The molecule has 1 aliphatic rings. The van der Waals surface area contributed by atoms with Crippen molar-refractivity contribution in [2.24, 2.45) is 0 Å². The van der Waals surface area contributed by atoms with Gasteiger partial charge in [-0.2, -0.15) is 0 Å². The van der Waals surface area contributed by atoms with Gasteiger partial charge in [-0.15, -0.1) is 0 Å². The summed E-state index contributed by atoms with van der Waals surface area (Å²) >= 11 is 0. The van der Waals surface area contributed by atoms with Crippen molar-refractivity contribution in [2.45, 2.75) is 32.1 Å². The first-order chi connectivity index (χ1) is 5.77. The molecular weight excluding hydrogens is 146 g/mol. The number of anilines is 1. The van der Waals surface area contributed by atoms with Gasteiger partial charge in [-0.25, -0.2) is 0 Å². The van der Waals surface area contributed by atoms with E-state index in [4.69, 9.17) is 5.73 Å². The first kappa shape index (κ1) is 7.66. The van der Waals surface area contributed by atoms with Gasteiger partial charge >= 0.3 is 0 Å². The Morgan fingerprint density at radius 2 is 2.25 bits per heavy atom. The minimum atomic E-state index is 0.731. The molecule has 0 fully saturated rings. The third kappa shape index (κ3) is 1.20. The van der Waals surface area contributed by atoms with Crippen LogP contribution in [0.1, 0.15) is 36.8 Å². The Morgan fingerprint density at radius 3 is 3.08 bits per heavy atom. The maximum absolute atomic E-state index is 5.73. The lowest BCUT2D eigenvalue weighted by atomic mass is 9.84. The van der Waals surface area contributed by atoms with Gasteiger partial charge in [0.25, 0.3) is 0 Å². The quantitative estimate of drug-likeness (QED) is 0.582. The molecule has 2 N–H and O–H groups in total. The summed E-state index contributed by atoms with van der Waals surface area (Å²) in [7, 11) is 0. The Bertz CT molecular complexity index is 291. The average molecular weight is 161 g/mol. The fourth-order valence-electron chi connectivity index (χ4n) is 2.08. The van der Waals surface area contributed by atoms with E-state index in [1.807, 2.05) is 6.07 Å². The lowest BCUT2D eigenvalue weighted by molar-refractivity contribution is 0.590. The van der Waals surface area contributed by atoms with E-state index in [1.165, 1.54) is 30.4 Å². The topological polar surface area (TPSA) is 26.0 Å². The molecule has 1 heteroatoms. The van der Waals surface area contributed by atoms with Crippen LogP contribution in [0.25, 0.3) is 0 Å². The normalized spacial score (nSPS) is 21.9. The van der Waals surface area contributed by atoms with Gasteiger partial charge in [0.2, 0.25) is 0 Å². The van der Waals surface area contributed by atoms with E-state index in [1.54, 1.807) is 0 Å². The molecule has 1 unspecified atom stereocenters. The Morgan fingerprint density at radius 1 is 1.42 bits per heavy atom. The fraction of sp³-hybridized carbons (Fsp3) is 0.455. The van der Waals surface area contributed by atoms with Gasteiger partial charge in [-0.1, -0.05) is 13.0 Å². The van der Waals surface area contributed by atoms with Crippen molar-refractivity contribution in [3.63, 3.8) is 0 Å². The van der Waals surface area contributed by atoms with Crippen LogP contribution in [0.2, 0.25) is 0 Å². The summed E-state index contributed by atoms with van der Waals surface area (Å²) in [6.07, 6.45) is 3.86. The first-order valence-electron chi connectivity index (χ1n) is 4.65. The predicted molar refractivity (Wildman–Crippen MR) is 52.2 cm³/mol. The van der Waals surface area contributed by atoms with Crippen LogP contribution in [-0.2, 0) is 6.42 Å². The Balaban J connectivity index is 2.46. The second-order valence-electron chi connectivity index (χ2n) is 3.75. The predicted octanol–water partition coefficient (Wildman–Crippen LogP) is 2.71. The SMILES string of the molecule is CC1CCCc2cc(N)ccc21. The summed E-state index contributed by atoms with van der Waals surface area (Å²) in [4.78, 5) is 0. The van der Waals surface area contributed by atoms with Crippen molar-refractivity contribution in [1.82, 2.24) is 0 Å². The highest BCUT2D eigenvalue weighted by Gasteiger charge is 2.15. The van der Waals surface area contributed by atoms with Gasteiger partial charge in [0.1, 0.15) is 0 Å². The van der Waals surface area contributed by atoms with E-state index >= 15 is 0 Å². The van der Waals surface area contributed by atoms with Crippen LogP contribution in [0, 0.1) is 0 Å². The molecule has 0 radical (unpaired) electrons. The van der Waals surface area contributed by atoms with Crippen molar-refractivity contribution in [3.8, 4) is 0 Å². The molecule has 64 valence electrons. The summed E-state index contributed by atoms with van der Waals surface area (Å²) in [6, 6.07) is 6.33. The molecule has 12 heavy (non-hydrogen) atoms. The number of fused-ring (bicyclic) bond motifs is 1. The highest BCUT2D eigenvalue weighted by Crippen LogP contribution is 2.31. The van der Waals surface area contributed by atoms with E-state index in [0.29, 0.717) is 0 Å². The number of hydrogen-bond acceptors (Lipinski definition) is 1. The maximum atomic E-state index is 5.73. The second-order valence-corrected chi connectivity index (χ2v) is 3.75. The zero-order valence-electron chi connectivity index (χ0n) is 7.51. The third-order valence-electron chi connectivity index (χ3n) is 2.78. The van der Waals surface area contributed by atoms with Crippen LogP contribution < -0.4 is 5.73 Å². The van der Waals surface area contributed by atoms with E-state index in [2.05, 4.69) is 19.1 Å². The average Bonchev–Trinajstić information content (AvgIpc) is 2.04. The van der Waals surface area contributed by atoms with E-state index in [9.17, 15) is 0 Å². The number of hydrogen-bond donors (Lipinski definition) is 1. The highest BCUT2D eigenvalue weighted by atomic mass is 14.5. The van der Waals surface area contributed by atoms with Crippen LogP contribution >= 0.6 is 0 Å². The number of benzene rings is 1. The fourth-order valence-corrected chi connectivity index (χ4v) is 2.08. The molecule has 0 saturated heterocycles. The molecule has 0 heterocycles. The zero-order chi connectivity index (χ0) is 8.55. The van der Waals surface area contributed by atoms with Crippen molar-refractivity contribution in [2.75, 3.05) is 5.73 Å². The van der Waals surface area contributed by atoms with E-state index in [0.717, 1.165) is 11.6 Å². The van der Waals surface area contributed by atoms with Crippen LogP contribution in [0.5, 0.6) is 0 Å². The smallest absolute Gasteiger partial charge is 0.0316 e. The molecule has 1 nitrogen and oxygen atoms in total. The van der Waals surface area contributed by atoms with Gasteiger partial charge in [-0.3, -0.25) is 0 Å². The number of rotatable bonds is 0. The second kappa shape index (κ2) is 2.81. The molecule has 1 aromatic carbocycles. The summed E-state index contributed by atoms with van der Waals surface area (Å²) in [5.41, 5.74) is 9.61. The van der Waals surface area contributed by atoms with Gasteiger partial charge < -0.3 is 5.73 Å². The Hall–Kier alpha value is -0.980. The molecule has 0 amide bonds. The highest BCUT2D eigenvalue weighted by molar-refractivity contribution is 5.46. The van der Waals surface area contributed by atoms with Crippen LogP contribution in [0.3, 0.4) is 0 Å². The standard InChI is InChI=1S/C11H15N/c1-8-3-2-4-9-7-10(12)5-6-11(8)9/h5-8H,2-4,12H2,1H3. The molecule has 0 spiro atoms. The Labute approximate surface area is 73.6 Å². The van der Waals surface area contributed by atoms with Gasteiger partial charge in [0.05, 0.1) is 0 Å². The van der Waals surface area contributed by atoms with Gasteiger partial charge in [0.15, 0.2) is 0 Å². The summed E-state index contributed by atoms with van der Waals surface area (Å²) in [5.74, 6) is 0.731. The van der Waals surface area contributed by atoms with Crippen molar-refractivity contribution >= 4 is 5.69 Å². The molecule has 0 bridgehead atoms. The largest absolute Gasteiger partial charge is 0.399 e. The monoisotopic (exact) mass is 161 g/mol. The molecule has 0 saturated carbocycles. The number of nitrogens with two attached hydrogens (primary N) is 1. The number of aryl methyl sites for hydroxylation is 1. The third-order valence-corrected chi connectivity index (χ3v) is 2.78. The first-order valence-corrected chi connectivity index (χ1v) is 4.65. The van der Waals surface area contributed by atoms with Crippen LogP contribution in [-0.4, -0.2) is 0 Å². The van der Waals surface area contributed by atoms with Gasteiger partial charge in [-0.05, 0) is 48.4 Å². The van der Waals surface area contributed by atoms with Crippen LogP contribution in [0.4, 0.5) is 5.69 Å². The molecule has 1 atom stereocenters. The zero-order valence-corrected chi connectivity index (χ0v) is 7.51. The molecule has 0 aromatic heterocycles. The lowest BCUT2D eigenvalue weighted by Crippen LogP contribution is -2.07. The molecule has 0 aliphatic heterocycles. The van der Waals surface area contributed by atoms with Gasteiger partial charge in [0, 0.05) is 5.69 Å². The minimum Gasteiger partial charge on any atom is -0.399 e. The Kier molecular flexibility index (Phi) is 1.80. The van der Waals surface area contributed by atoms with Crippen molar-refractivity contribution in [3.05, 3.63) is 29.3 Å². The molecule has 1 aromatic rings. The van der Waals surface area contributed by atoms with E-state index in [-0.39, 0.29) is 0 Å². The maximum Gasteiger partial charge on any atom is 0.0316 e. The summed E-state index contributed by atoms with van der Waals surface area (Å²) in [5, 5.41) is 0. The van der Waals surface area contributed by atoms with Crippen molar-refractivity contribution in [1.29, 1.82) is 0 Å². The van der Waals surface area contributed by atoms with Crippen LogP contribution in [0.15, 0.2) is 18.2 Å². The van der Waals surface area contributed by atoms with E-state index < -0.39 is 0 Å². The molecule has 2 rings (SSSR count). The molecular formula is C11H15N. The summed E-state index contributed by atoms with van der Waals surface area (Å²) in [6.45, 7) is 2.30. The molecule has 1 aliphatic carbocycles. The lowest BCUT2D eigenvalue weighted by Gasteiger charge is -2.22. The minimum absolute atomic E-state index is 0.731. The number of nitrogen functional groups attached to an aromatic ring is 1.